The number of aromatic nitrogens is 3. The molecule has 1 aromatic rings. The monoisotopic (exact) mass is 265 g/mol. The first-order valence-corrected chi connectivity index (χ1v) is 7.41. The van der Waals surface area contributed by atoms with Crippen LogP contribution < -0.4 is 0 Å². The zero-order valence-electron chi connectivity index (χ0n) is 12.7. The summed E-state index contributed by atoms with van der Waals surface area (Å²) in [6.07, 6.45) is 4.17. The van der Waals surface area contributed by atoms with E-state index in [1.807, 2.05) is 0 Å². The molecule has 0 saturated carbocycles. The largest absolute Gasteiger partial charge is 0.396 e. The summed E-state index contributed by atoms with van der Waals surface area (Å²) in [7, 11) is 0. The number of nitrogens with zero attached hydrogens (tertiary/aromatic N) is 3. The lowest BCUT2D eigenvalue weighted by Crippen LogP contribution is -2.25. The van der Waals surface area contributed by atoms with Crippen LogP contribution in [0.15, 0.2) is 0 Å². The van der Waals surface area contributed by atoms with Crippen molar-refractivity contribution in [3.05, 3.63) is 11.6 Å². The molecule has 4 nitrogen and oxygen atoms in total. The maximum absolute atomic E-state index is 9.33. The first-order valence-electron chi connectivity index (χ1n) is 7.41. The molecule has 1 aliphatic rings. The average molecular weight is 265 g/mol. The zero-order valence-corrected chi connectivity index (χ0v) is 12.7. The maximum atomic E-state index is 9.33. The SMILES string of the molecule is CC(Cc1nnc2n1CC(CO)CC2)CC(C)(C)C. The third-order valence-electron chi connectivity index (χ3n) is 3.87. The number of hydrogen-bond acceptors (Lipinski definition) is 3. The molecule has 0 amide bonds. The molecule has 0 saturated heterocycles. The molecule has 19 heavy (non-hydrogen) atoms. The van der Waals surface area contributed by atoms with Crippen LogP contribution in [0.5, 0.6) is 0 Å². The second-order valence-electron chi connectivity index (χ2n) is 7.30. The lowest BCUT2D eigenvalue weighted by atomic mass is 9.84. The summed E-state index contributed by atoms with van der Waals surface area (Å²) >= 11 is 0. The molecule has 0 spiro atoms. The Balaban J connectivity index is 2.04. The molecule has 108 valence electrons. The average Bonchev–Trinajstić information content (AvgIpc) is 2.69. The van der Waals surface area contributed by atoms with Gasteiger partial charge in [-0.3, -0.25) is 0 Å². The maximum Gasteiger partial charge on any atom is 0.133 e. The van der Waals surface area contributed by atoms with Crippen LogP contribution in [0.25, 0.3) is 0 Å². The van der Waals surface area contributed by atoms with Gasteiger partial charge < -0.3 is 9.67 Å². The van der Waals surface area contributed by atoms with Gasteiger partial charge in [0.25, 0.3) is 0 Å². The minimum Gasteiger partial charge on any atom is -0.396 e. The Hall–Kier alpha value is -0.900. The summed E-state index contributed by atoms with van der Waals surface area (Å²) in [6.45, 7) is 10.3. The number of fused-ring (bicyclic) bond motifs is 1. The quantitative estimate of drug-likeness (QED) is 0.909. The molecule has 2 atom stereocenters. The molecule has 0 radical (unpaired) electrons. The van der Waals surface area contributed by atoms with Gasteiger partial charge in [0.2, 0.25) is 0 Å². The smallest absolute Gasteiger partial charge is 0.133 e. The van der Waals surface area contributed by atoms with E-state index in [0.29, 0.717) is 17.3 Å². The molecule has 0 aromatic carbocycles. The van der Waals surface area contributed by atoms with E-state index >= 15 is 0 Å². The van der Waals surface area contributed by atoms with Gasteiger partial charge in [0.15, 0.2) is 0 Å². The van der Waals surface area contributed by atoms with Gasteiger partial charge in [0, 0.05) is 31.9 Å². The first kappa shape index (κ1) is 14.5. The highest BCUT2D eigenvalue weighted by molar-refractivity contribution is 5.01. The van der Waals surface area contributed by atoms with Gasteiger partial charge in [-0.05, 0) is 24.2 Å². The zero-order chi connectivity index (χ0) is 14.0. The molecule has 0 aliphatic carbocycles. The third-order valence-corrected chi connectivity index (χ3v) is 3.87. The summed E-state index contributed by atoms with van der Waals surface area (Å²) in [5, 5.41) is 18.0. The fraction of sp³-hybridized carbons (Fsp3) is 0.867. The van der Waals surface area contributed by atoms with Crippen molar-refractivity contribution in [3.63, 3.8) is 0 Å². The molecule has 2 unspecified atom stereocenters. The van der Waals surface area contributed by atoms with Crippen molar-refractivity contribution in [3.8, 4) is 0 Å². The van der Waals surface area contributed by atoms with Crippen molar-refractivity contribution >= 4 is 0 Å². The standard InChI is InChI=1S/C15H27N3O/c1-11(8-15(2,3)4)7-14-17-16-13-6-5-12(10-19)9-18(13)14/h11-12,19H,5-10H2,1-4H3. The van der Waals surface area contributed by atoms with Crippen LogP contribution in [0, 0.1) is 17.3 Å². The second-order valence-corrected chi connectivity index (χ2v) is 7.30. The number of rotatable bonds is 4. The van der Waals surface area contributed by atoms with Gasteiger partial charge in [0.1, 0.15) is 11.6 Å². The van der Waals surface area contributed by atoms with Gasteiger partial charge >= 0.3 is 0 Å². The fourth-order valence-corrected chi connectivity index (χ4v) is 3.18. The minimum atomic E-state index is 0.272. The van der Waals surface area contributed by atoms with Crippen LogP contribution >= 0.6 is 0 Å². The Morgan fingerprint density at radius 2 is 2.11 bits per heavy atom. The van der Waals surface area contributed by atoms with Crippen molar-refractivity contribution in [2.75, 3.05) is 6.61 Å². The summed E-state index contributed by atoms with van der Waals surface area (Å²) < 4.78 is 2.24. The van der Waals surface area contributed by atoms with Gasteiger partial charge in [-0.15, -0.1) is 10.2 Å². The van der Waals surface area contributed by atoms with Crippen molar-refractivity contribution in [1.29, 1.82) is 0 Å². The highest BCUT2D eigenvalue weighted by Gasteiger charge is 2.24. The van der Waals surface area contributed by atoms with Crippen LogP contribution in [-0.2, 0) is 19.4 Å². The molecule has 0 fully saturated rings. The predicted molar refractivity (Wildman–Crippen MR) is 75.9 cm³/mol. The molecular formula is C15H27N3O. The normalized spacial score (nSPS) is 21.2. The Morgan fingerprint density at radius 3 is 2.74 bits per heavy atom. The molecule has 2 rings (SSSR count). The van der Waals surface area contributed by atoms with Crippen LogP contribution in [0.2, 0.25) is 0 Å². The Bertz CT molecular complexity index is 420. The third kappa shape index (κ3) is 3.78. The summed E-state index contributed by atoms with van der Waals surface area (Å²) in [6, 6.07) is 0. The number of hydrogen-bond donors (Lipinski definition) is 1. The van der Waals surface area contributed by atoms with Crippen LogP contribution in [-0.4, -0.2) is 26.5 Å². The van der Waals surface area contributed by atoms with E-state index in [4.69, 9.17) is 0 Å². The van der Waals surface area contributed by atoms with E-state index in [1.54, 1.807) is 0 Å². The molecule has 1 aromatic heterocycles. The van der Waals surface area contributed by atoms with Crippen molar-refractivity contribution in [1.82, 2.24) is 14.8 Å². The van der Waals surface area contributed by atoms with E-state index in [0.717, 1.165) is 37.5 Å². The molecular weight excluding hydrogens is 238 g/mol. The van der Waals surface area contributed by atoms with E-state index in [-0.39, 0.29) is 6.61 Å². The summed E-state index contributed by atoms with van der Waals surface area (Å²) in [4.78, 5) is 0. The Morgan fingerprint density at radius 1 is 1.37 bits per heavy atom. The highest BCUT2D eigenvalue weighted by Crippen LogP contribution is 2.27. The van der Waals surface area contributed by atoms with Gasteiger partial charge in [0.05, 0.1) is 0 Å². The Kier molecular flexibility index (Phi) is 4.29. The minimum absolute atomic E-state index is 0.272. The predicted octanol–water partition coefficient (Wildman–Crippen LogP) is 2.45. The van der Waals surface area contributed by atoms with E-state index < -0.39 is 0 Å². The molecule has 1 aliphatic heterocycles. The van der Waals surface area contributed by atoms with E-state index in [1.165, 1.54) is 6.42 Å². The highest BCUT2D eigenvalue weighted by atomic mass is 16.3. The second kappa shape index (κ2) is 5.61. The van der Waals surface area contributed by atoms with E-state index in [2.05, 4.69) is 42.5 Å². The van der Waals surface area contributed by atoms with Gasteiger partial charge in [-0.2, -0.15) is 0 Å². The van der Waals surface area contributed by atoms with Crippen molar-refractivity contribution in [2.24, 2.45) is 17.3 Å². The molecule has 1 N–H and O–H groups in total. The van der Waals surface area contributed by atoms with Crippen LogP contribution in [0.4, 0.5) is 0 Å². The molecule has 4 heteroatoms. The number of aryl methyl sites for hydroxylation is 1. The fourth-order valence-electron chi connectivity index (χ4n) is 3.18. The Labute approximate surface area is 116 Å². The number of aliphatic hydroxyl groups is 1. The molecule has 0 bridgehead atoms. The summed E-state index contributed by atoms with van der Waals surface area (Å²) in [5.41, 5.74) is 0.359. The topological polar surface area (TPSA) is 50.9 Å². The van der Waals surface area contributed by atoms with Crippen molar-refractivity contribution < 1.29 is 5.11 Å². The van der Waals surface area contributed by atoms with Gasteiger partial charge in [-0.25, -0.2) is 0 Å². The summed E-state index contributed by atoms with van der Waals surface area (Å²) in [5.74, 6) is 3.19. The lowest BCUT2D eigenvalue weighted by Gasteiger charge is -2.25. The van der Waals surface area contributed by atoms with Crippen LogP contribution in [0.1, 0.15) is 52.2 Å². The van der Waals surface area contributed by atoms with Crippen LogP contribution in [0.3, 0.4) is 0 Å². The van der Waals surface area contributed by atoms with Gasteiger partial charge in [-0.1, -0.05) is 27.7 Å². The number of aliphatic hydroxyl groups excluding tert-OH is 1. The van der Waals surface area contributed by atoms with Crippen molar-refractivity contribution in [2.45, 2.75) is 59.9 Å². The van der Waals surface area contributed by atoms with E-state index in [9.17, 15) is 5.11 Å². The lowest BCUT2D eigenvalue weighted by molar-refractivity contribution is 0.188. The first-order chi connectivity index (χ1) is 8.89. The molecule has 2 heterocycles.